The summed E-state index contributed by atoms with van der Waals surface area (Å²) in [6, 6.07) is 0. The summed E-state index contributed by atoms with van der Waals surface area (Å²) in [6.07, 6.45) is 0. The van der Waals surface area contributed by atoms with E-state index < -0.39 is 56.0 Å². The van der Waals surface area contributed by atoms with Crippen LogP contribution in [0, 0.1) is 0 Å². The van der Waals surface area contributed by atoms with Crippen molar-refractivity contribution in [1.82, 2.24) is 9.80 Å². The van der Waals surface area contributed by atoms with Gasteiger partial charge in [-0.2, -0.15) is 0 Å². The van der Waals surface area contributed by atoms with E-state index in [0.29, 0.717) is 13.1 Å². The molecule has 0 spiro atoms. The first kappa shape index (κ1) is 39.6. The zero-order valence-electron chi connectivity index (χ0n) is 18.4. The molecule has 0 unspecified atom stereocenters. The molecule has 0 aromatic carbocycles. The van der Waals surface area contributed by atoms with Crippen LogP contribution in [0.1, 0.15) is 8.35 Å². The fourth-order valence-electron chi connectivity index (χ4n) is 1.48. The third kappa shape index (κ3) is 41.5. The number of nitrogens with zero attached hydrogens (tertiary/aromatic N) is 2. The number of hydrogen-bond acceptors (Lipinski definition) is 10. The van der Waals surface area contributed by atoms with Crippen LogP contribution < -0.4 is 75.7 Å². The van der Waals surface area contributed by atoms with Crippen molar-refractivity contribution in [1.29, 1.82) is 0 Å². The number of carboxylic acids is 5. The van der Waals surface area contributed by atoms with Gasteiger partial charge in [-0.05, 0) is 6.92 Å². The van der Waals surface area contributed by atoms with Gasteiger partial charge in [0.1, 0.15) is 0 Å². The number of aliphatic carboxylic acids is 5. The molecule has 0 heterocycles. The number of hydrogen-bond donors (Lipinski definition) is 6. The second kappa shape index (κ2) is 26.2. The normalized spacial score (nSPS) is 8.97. The van der Waals surface area contributed by atoms with Crippen molar-refractivity contribution in [2.75, 3.05) is 52.4 Å². The first-order valence-corrected chi connectivity index (χ1v) is 7.75. The fraction of sp³-hybridized carbons (Fsp3) is 0.643. The molecule has 0 atom stereocenters. The van der Waals surface area contributed by atoms with Crippen molar-refractivity contribution in [3.63, 3.8) is 0 Å². The van der Waals surface area contributed by atoms with Crippen molar-refractivity contribution < 1.29 is 110 Å². The van der Waals surface area contributed by atoms with Gasteiger partial charge in [0.25, 0.3) is 0 Å². The Morgan fingerprint density at radius 2 is 0.867 bits per heavy atom. The van der Waals surface area contributed by atoms with Gasteiger partial charge >= 0.3 is 83.0 Å². The number of rotatable bonds is 12. The summed E-state index contributed by atoms with van der Waals surface area (Å²) in [5, 5.41) is 43.4. The predicted molar refractivity (Wildman–Crippen MR) is 93.3 cm³/mol. The second-order valence-corrected chi connectivity index (χ2v) is 5.07. The van der Waals surface area contributed by atoms with Gasteiger partial charge in [0.15, 0.2) is 0 Å². The minimum atomic E-state index is -1.23. The van der Waals surface area contributed by atoms with Gasteiger partial charge < -0.3 is 43.2 Å². The molecule has 0 saturated carbocycles. The van der Waals surface area contributed by atoms with Crippen molar-refractivity contribution in [2.45, 2.75) is 6.92 Å². The SMILES string of the molecule is CC(=O)[O-].NCCN.O=C(O)CN(CCN(CC(=O)O)CC(=O)O)CC(=O)O.[H-].[Na+].[Na+]. The standard InChI is InChI=1S/C10H16N2O8.C2H8N2.C2H4O2.2Na.H/c13-7(14)3-11(4-8(15)16)1-2-12(5-9(17)18)6-10(19)20;3-1-2-4;1-2(3)4;;;/h1-6H2,(H,13,14)(H,15,16)(H,17,18)(H,19,20);1-4H2;1H3,(H,3,4);;;/q;;;2*+1;-1/p-1. The molecule has 0 rings (SSSR count). The van der Waals surface area contributed by atoms with E-state index in [0.717, 1.165) is 16.7 Å². The molecule has 166 valence electrons. The third-order valence-corrected chi connectivity index (χ3v) is 2.33. The maximum Gasteiger partial charge on any atom is 1.00 e. The molecule has 16 heteroatoms. The molecule has 0 aliphatic rings. The van der Waals surface area contributed by atoms with E-state index in [1.54, 1.807) is 0 Å². The van der Waals surface area contributed by atoms with Crippen LogP contribution in [0.4, 0.5) is 0 Å². The molecule has 0 aromatic rings. The van der Waals surface area contributed by atoms with Crippen LogP contribution in [-0.4, -0.2) is 112 Å². The maximum absolute atomic E-state index is 10.6. The van der Waals surface area contributed by atoms with Crippen LogP contribution in [0.25, 0.3) is 0 Å². The molecular formula is C14H28N4Na2O10. The van der Waals surface area contributed by atoms with E-state index in [1.165, 1.54) is 0 Å². The van der Waals surface area contributed by atoms with E-state index in [-0.39, 0.29) is 73.6 Å². The van der Waals surface area contributed by atoms with E-state index in [2.05, 4.69) is 0 Å². The summed E-state index contributed by atoms with van der Waals surface area (Å²) < 4.78 is 0. The van der Waals surface area contributed by atoms with Crippen LogP contribution in [0.5, 0.6) is 0 Å². The quantitative estimate of drug-likeness (QED) is 0.149. The summed E-state index contributed by atoms with van der Waals surface area (Å²) in [6.45, 7) is -0.0839. The van der Waals surface area contributed by atoms with E-state index in [1.807, 2.05) is 0 Å². The number of carbonyl (C=O) groups excluding carboxylic acids is 1. The van der Waals surface area contributed by atoms with Gasteiger partial charge in [-0.3, -0.25) is 29.0 Å². The van der Waals surface area contributed by atoms with Crippen LogP contribution in [0.15, 0.2) is 0 Å². The third-order valence-electron chi connectivity index (χ3n) is 2.33. The monoisotopic (exact) mass is 458 g/mol. The minimum absolute atomic E-state index is 0. The topological polar surface area (TPSA) is 248 Å². The summed E-state index contributed by atoms with van der Waals surface area (Å²) >= 11 is 0. The summed E-state index contributed by atoms with van der Waals surface area (Å²) in [5.74, 6) is -5.99. The van der Waals surface area contributed by atoms with Gasteiger partial charge in [0, 0.05) is 32.1 Å². The Labute approximate surface area is 219 Å². The Morgan fingerprint density at radius 3 is 0.967 bits per heavy atom. The first-order valence-electron chi connectivity index (χ1n) is 7.75. The van der Waals surface area contributed by atoms with Gasteiger partial charge in [-0.25, -0.2) is 0 Å². The summed E-state index contributed by atoms with van der Waals surface area (Å²) in [7, 11) is 0. The zero-order chi connectivity index (χ0) is 22.7. The second-order valence-electron chi connectivity index (χ2n) is 5.07. The average Bonchev–Trinajstić information content (AvgIpc) is 2.50. The van der Waals surface area contributed by atoms with Gasteiger partial charge in [-0.1, -0.05) is 0 Å². The van der Waals surface area contributed by atoms with Gasteiger partial charge in [0.2, 0.25) is 0 Å². The molecule has 0 fully saturated rings. The van der Waals surface area contributed by atoms with Crippen molar-refractivity contribution in [3.05, 3.63) is 0 Å². The molecular weight excluding hydrogens is 430 g/mol. The molecule has 8 N–H and O–H groups in total. The molecule has 0 amide bonds. The largest absolute Gasteiger partial charge is 1.00 e. The summed E-state index contributed by atoms with van der Waals surface area (Å²) in [5.41, 5.74) is 9.81. The Bertz CT molecular complexity index is 443. The van der Waals surface area contributed by atoms with Crippen LogP contribution in [0.2, 0.25) is 0 Å². The number of carboxylic acid groups (broad SMARTS) is 5. The Morgan fingerprint density at radius 1 is 0.700 bits per heavy atom. The van der Waals surface area contributed by atoms with Gasteiger partial charge in [-0.15, -0.1) is 0 Å². The predicted octanol–water partition coefficient (Wildman–Crippen LogP) is -10.3. The summed E-state index contributed by atoms with van der Waals surface area (Å²) in [4.78, 5) is 53.3. The Kier molecular flexibility index (Phi) is 34.7. The molecule has 0 saturated heterocycles. The Balaban J connectivity index is -0.000000122. The smallest absolute Gasteiger partial charge is 1.00 e. The molecule has 0 bridgehead atoms. The molecule has 30 heavy (non-hydrogen) atoms. The van der Waals surface area contributed by atoms with Crippen LogP contribution >= 0.6 is 0 Å². The van der Waals surface area contributed by atoms with Crippen molar-refractivity contribution >= 4 is 29.8 Å². The van der Waals surface area contributed by atoms with Crippen LogP contribution in [0.3, 0.4) is 0 Å². The van der Waals surface area contributed by atoms with E-state index in [9.17, 15) is 19.2 Å². The van der Waals surface area contributed by atoms with E-state index >= 15 is 0 Å². The number of carbonyl (C=O) groups is 5. The number of nitrogens with two attached hydrogens (primary N) is 2. The van der Waals surface area contributed by atoms with E-state index in [4.69, 9.17) is 41.8 Å². The molecule has 0 aliphatic heterocycles. The van der Waals surface area contributed by atoms with Gasteiger partial charge in [0.05, 0.1) is 26.2 Å². The fourth-order valence-corrected chi connectivity index (χ4v) is 1.48. The minimum Gasteiger partial charge on any atom is -1.00 e. The zero-order valence-corrected chi connectivity index (χ0v) is 21.4. The van der Waals surface area contributed by atoms with Crippen molar-refractivity contribution in [2.24, 2.45) is 11.5 Å². The first-order chi connectivity index (χ1) is 12.8. The Hall–Kier alpha value is -0.810. The van der Waals surface area contributed by atoms with Crippen LogP contribution in [-0.2, 0) is 24.0 Å². The molecule has 0 aromatic heterocycles. The average molecular weight is 458 g/mol. The molecule has 14 nitrogen and oxygen atoms in total. The van der Waals surface area contributed by atoms with Crippen molar-refractivity contribution in [3.8, 4) is 0 Å². The molecule has 0 radical (unpaired) electrons. The molecule has 0 aliphatic carbocycles. The maximum atomic E-state index is 10.6.